The lowest BCUT2D eigenvalue weighted by molar-refractivity contribution is -0.153. The molecule has 2 unspecified atom stereocenters. The first kappa shape index (κ1) is 14.3. The molecule has 6 heteroatoms. The summed E-state index contributed by atoms with van der Waals surface area (Å²) < 4.78 is 35.8. The monoisotopic (exact) mass is 308 g/mol. The standard InChI is InChI=1S/C15H16O5S/c1-19-14(16)15-8-7-13(12(15)9-20-10-15)21(17,18)11-5-3-2-4-6-11/h2-7,12H,8-10H2,1H3. The van der Waals surface area contributed by atoms with Gasteiger partial charge in [0.05, 0.1) is 30.1 Å². The molecule has 0 N–H and O–H groups in total. The molecular weight excluding hydrogens is 292 g/mol. The number of carbonyl (C=O) groups excluding carboxylic acids is 1. The maximum Gasteiger partial charge on any atom is 0.315 e. The molecule has 1 fully saturated rings. The molecule has 5 nitrogen and oxygen atoms in total. The number of methoxy groups -OCH3 is 1. The lowest BCUT2D eigenvalue weighted by Gasteiger charge is -2.25. The van der Waals surface area contributed by atoms with E-state index < -0.39 is 27.1 Å². The number of benzene rings is 1. The van der Waals surface area contributed by atoms with E-state index in [-0.39, 0.29) is 23.0 Å². The largest absolute Gasteiger partial charge is 0.468 e. The van der Waals surface area contributed by atoms with Crippen LogP contribution in [0.1, 0.15) is 6.42 Å². The second kappa shape index (κ2) is 4.96. The Bertz CT molecular complexity index is 692. The van der Waals surface area contributed by atoms with Gasteiger partial charge in [0.1, 0.15) is 5.41 Å². The molecule has 1 heterocycles. The minimum Gasteiger partial charge on any atom is -0.468 e. The van der Waals surface area contributed by atoms with E-state index in [1.54, 1.807) is 36.4 Å². The van der Waals surface area contributed by atoms with E-state index >= 15 is 0 Å². The van der Waals surface area contributed by atoms with Gasteiger partial charge in [-0.2, -0.15) is 0 Å². The third-order valence-electron chi connectivity index (χ3n) is 4.28. The highest BCUT2D eigenvalue weighted by Crippen LogP contribution is 2.50. The van der Waals surface area contributed by atoms with Gasteiger partial charge in [-0.05, 0) is 18.6 Å². The van der Waals surface area contributed by atoms with E-state index in [2.05, 4.69) is 0 Å². The molecule has 0 spiro atoms. The lowest BCUT2D eigenvalue weighted by atomic mass is 9.80. The minimum absolute atomic E-state index is 0.203. The number of ether oxygens (including phenoxy) is 2. The van der Waals surface area contributed by atoms with Gasteiger partial charge >= 0.3 is 5.97 Å². The Labute approximate surface area is 123 Å². The van der Waals surface area contributed by atoms with Crippen molar-refractivity contribution in [2.75, 3.05) is 20.3 Å². The predicted molar refractivity (Wildman–Crippen MR) is 75.1 cm³/mol. The smallest absolute Gasteiger partial charge is 0.315 e. The first-order valence-electron chi connectivity index (χ1n) is 6.69. The fraction of sp³-hybridized carbons (Fsp3) is 0.400. The Morgan fingerprint density at radius 3 is 2.71 bits per heavy atom. The predicted octanol–water partition coefficient (Wildman–Crippen LogP) is 1.55. The van der Waals surface area contributed by atoms with Crippen molar-refractivity contribution in [3.63, 3.8) is 0 Å². The summed E-state index contributed by atoms with van der Waals surface area (Å²) in [6.07, 6.45) is 1.98. The molecule has 0 bridgehead atoms. The molecule has 21 heavy (non-hydrogen) atoms. The fourth-order valence-corrected chi connectivity index (χ4v) is 4.88. The van der Waals surface area contributed by atoms with Gasteiger partial charge in [0.25, 0.3) is 0 Å². The van der Waals surface area contributed by atoms with Gasteiger partial charge in [0.2, 0.25) is 9.84 Å². The maximum atomic E-state index is 12.8. The van der Waals surface area contributed by atoms with Crippen molar-refractivity contribution in [2.24, 2.45) is 11.3 Å². The summed E-state index contributed by atoms with van der Waals surface area (Å²) in [6, 6.07) is 8.25. The number of allylic oxidation sites excluding steroid dienone is 1. The number of sulfone groups is 1. The first-order chi connectivity index (χ1) is 10.0. The Morgan fingerprint density at radius 1 is 1.33 bits per heavy atom. The first-order valence-corrected chi connectivity index (χ1v) is 8.17. The van der Waals surface area contributed by atoms with E-state index in [1.165, 1.54) is 7.11 Å². The van der Waals surface area contributed by atoms with Crippen LogP contribution in [0.5, 0.6) is 0 Å². The summed E-state index contributed by atoms with van der Waals surface area (Å²) in [5.74, 6) is -0.866. The van der Waals surface area contributed by atoms with Crippen LogP contribution in [0.15, 0.2) is 46.2 Å². The topological polar surface area (TPSA) is 69.7 Å². The number of fused-ring (bicyclic) bond motifs is 1. The highest BCUT2D eigenvalue weighted by atomic mass is 32.2. The Kier molecular flexibility index (Phi) is 3.37. The summed E-state index contributed by atoms with van der Waals surface area (Å²) in [4.78, 5) is 12.6. The molecule has 112 valence electrons. The van der Waals surface area contributed by atoms with Gasteiger partial charge in [0, 0.05) is 5.92 Å². The zero-order valence-corrected chi connectivity index (χ0v) is 12.4. The minimum atomic E-state index is -3.60. The summed E-state index contributed by atoms with van der Waals surface area (Å²) >= 11 is 0. The average molecular weight is 308 g/mol. The van der Waals surface area contributed by atoms with E-state index in [1.807, 2.05) is 0 Å². The van der Waals surface area contributed by atoms with Gasteiger partial charge in [-0.25, -0.2) is 8.42 Å². The molecule has 1 saturated heterocycles. The van der Waals surface area contributed by atoms with Gasteiger partial charge < -0.3 is 9.47 Å². The lowest BCUT2D eigenvalue weighted by Crippen LogP contribution is -2.37. The molecule has 1 aliphatic heterocycles. The molecule has 0 radical (unpaired) electrons. The normalized spacial score (nSPS) is 28.0. The SMILES string of the molecule is COC(=O)C12CC=C(S(=O)(=O)c3ccccc3)C1COC2. The van der Waals surface area contributed by atoms with Gasteiger partial charge in [-0.1, -0.05) is 24.3 Å². The molecule has 0 amide bonds. The van der Waals surface area contributed by atoms with Crippen molar-refractivity contribution in [1.82, 2.24) is 0 Å². The van der Waals surface area contributed by atoms with Crippen LogP contribution in [-0.2, 0) is 24.1 Å². The third kappa shape index (κ3) is 2.01. The number of esters is 1. The van der Waals surface area contributed by atoms with E-state index in [4.69, 9.17) is 9.47 Å². The molecule has 2 atom stereocenters. The Morgan fingerprint density at radius 2 is 2.05 bits per heavy atom. The fourth-order valence-electron chi connectivity index (χ4n) is 3.12. The number of carbonyl (C=O) groups is 1. The molecule has 3 rings (SSSR count). The quantitative estimate of drug-likeness (QED) is 0.793. The molecular formula is C15H16O5S. The summed E-state index contributed by atoms with van der Waals surface area (Å²) in [6.45, 7) is 0.432. The molecule has 2 aliphatic rings. The van der Waals surface area contributed by atoms with Crippen molar-refractivity contribution in [1.29, 1.82) is 0 Å². The van der Waals surface area contributed by atoms with Crippen LogP contribution in [-0.4, -0.2) is 34.7 Å². The highest BCUT2D eigenvalue weighted by Gasteiger charge is 2.57. The molecule has 1 aliphatic carbocycles. The van der Waals surface area contributed by atoms with Crippen LogP contribution >= 0.6 is 0 Å². The van der Waals surface area contributed by atoms with Crippen LogP contribution in [0.4, 0.5) is 0 Å². The second-order valence-corrected chi connectivity index (χ2v) is 7.29. The van der Waals surface area contributed by atoms with E-state index in [0.717, 1.165) is 0 Å². The van der Waals surface area contributed by atoms with Crippen molar-refractivity contribution < 1.29 is 22.7 Å². The number of hydrogen-bond donors (Lipinski definition) is 0. The Hall–Kier alpha value is -1.66. The van der Waals surface area contributed by atoms with Crippen LogP contribution in [0, 0.1) is 11.3 Å². The highest BCUT2D eigenvalue weighted by molar-refractivity contribution is 7.95. The van der Waals surface area contributed by atoms with Crippen molar-refractivity contribution in [2.45, 2.75) is 11.3 Å². The number of hydrogen-bond acceptors (Lipinski definition) is 5. The van der Waals surface area contributed by atoms with Crippen LogP contribution in [0.2, 0.25) is 0 Å². The summed E-state index contributed by atoms with van der Waals surface area (Å²) in [5, 5.41) is 0. The van der Waals surface area contributed by atoms with Crippen molar-refractivity contribution in [3.05, 3.63) is 41.3 Å². The zero-order chi connectivity index (χ0) is 15.1. The summed E-state index contributed by atoms with van der Waals surface area (Å²) in [5.41, 5.74) is -0.883. The molecule has 1 aromatic rings. The van der Waals surface area contributed by atoms with Gasteiger partial charge in [-0.3, -0.25) is 4.79 Å². The number of rotatable bonds is 3. The van der Waals surface area contributed by atoms with Crippen LogP contribution < -0.4 is 0 Å². The van der Waals surface area contributed by atoms with E-state index in [9.17, 15) is 13.2 Å². The summed E-state index contributed by atoms with van der Waals surface area (Å²) in [7, 11) is -2.28. The van der Waals surface area contributed by atoms with E-state index in [0.29, 0.717) is 6.42 Å². The van der Waals surface area contributed by atoms with Crippen molar-refractivity contribution in [3.8, 4) is 0 Å². The molecule has 0 aromatic heterocycles. The zero-order valence-electron chi connectivity index (χ0n) is 11.6. The third-order valence-corrected chi connectivity index (χ3v) is 6.24. The van der Waals surface area contributed by atoms with Gasteiger partial charge in [-0.15, -0.1) is 0 Å². The average Bonchev–Trinajstić information content (AvgIpc) is 3.06. The van der Waals surface area contributed by atoms with Gasteiger partial charge in [0.15, 0.2) is 0 Å². The van der Waals surface area contributed by atoms with Crippen LogP contribution in [0.25, 0.3) is 0 Å². The molecule has 0 saturated carbocycles. The Balaban J connectivity index is 2.01. The van der Waals surface area contributed by atoms with Crippen molar-refractivity contribution >= 4 is 15.8 Å². The maximum absolute atomic E-state index is 12.8. The molecule has 1 aromatic carbocycles. The van der Waals surface area contributed by atoms with Crippen LogP contribution in [0.3, 0.4) is 0 Å². The second-order valence-electron chi connectivity index (χ2n) is 5.34.